The molecule has 0 saturated carbocycles. The third-order valence-electron chi connectivity index (χ3n) is 4.53. The highest BCUT2D eigenvalue weighted by atomic mass is 19.1. The van der Waals surface area contributed by atoms with E-state index in [1.54, 1.807) is 6.07 Å². The van der Waals surface area contributed by atoms with E-state index in [0.29, 0.717) is 17.3 Å². The predicted octanol–water partition coefficient (Wildman–Crippen LogP) is 4.03. The Morgan fingerprint density at radius 1 is 1.08 bits per heavy atom. The standard InChI is InChI=1S/C19H18FN3O/c1-12-16-4-3-15(20)10-18(16)23-19(22-12)14-2-5-17(21-11-14)13-6-8-24-9-7-13/h2-5,10-11,13H,6-9H2,1H3. The van der Waals surface area contributed by atoms with E-state index >= 15 is 0 Å². The quantitative estimate of drug-likeness (QED) is 0.714. The van der Waals surface area contributed by atoms with Gasteiger partial charge in [-0.15, -0.1) is 0 Å². The SMILES string of the molecule is Cc1nc(-c2ccc(C3CCOCC3)nc2)nc2cc(F)ccc12. The van der Waals surface area contributed by atoms with Gasteiger partial charge in [0.25, 0.3) is 0 Å². The summed E-state index contributed by atoms with van der Waals surface area (Å²) in [5.41, 5.74) is 3.39. The molecule has 3 heterocycles. The second-order valence-corrected chi connectivity index (χ2v) is 6.15. The summed E-state index contributed by atoms with van der Waals surface area (Å²) in [5, 5.41) is 0.868. The third-order valence-corrected chi connectivity index (χ3v) is 4.53. The smallest absolute Gasteiger partial charge is 0.161 e. The highest BCUT2D eigenvalue weighted by Gasteiger charge is 2.17. The first-order valence-corrected chi connectivity index (χ1v) is 8.19. The maximum Gasteiger partial charge on any atom is 0.161 e. The minimum Gasteiger partial charge on any atom is -0.381 e. The highest BCUT2D eigenvalue weighted by Crippen LogP contribution is 2.27. The Morgan fingerprint density at radius 3 is 2.67 bits per heavy atom. The van der Waals surface area contributed by atoms with Crippen LogP contribution in [0.5, 0.6) is 0 Å². The number of fused-ring (bicyclic) bond motifs is 1. The molecule has 1 saturated heterocycles. The van der Waals surface area contributed by atoms with Crippen molar-refractivity contribution in [3.05, 3.63) is 53.7 Å². The molecule has 24 heavy (non-hydrogen) atoms. The Morgan fingerprint density at radius 2 is 1.92 bits per heavy atom. The van der Waals surface area contributed by atoms with Gasteiger partial charge in [-0.05, 0) is 44.0 Å². The van der Waals surface area contributed by atoms with Gasteiger partial charge in [-0.25, -0.2) is 14.4 Å². The van der Waals surface area contributed by atoms with Gasteiger partial charge in [0, 0.05) is 53.7 Å². The lowest BCUT2D eigenvalue weighted by Crippen LogP contribution is -2.15. The summed E-state index contributed by atoms with van der Waals surface area (Å²) in [6.07, 6.45) is 3.83. The number of hydrogen-bond acceptors (Lipinski definition) is 4. The van der Waals surface area contributed by atoms with Crippen molar-refractivity contribution in [2.45, 2.75) is 25.7 Å². The summed E-state index contributed by atoms with van der Waals surface area (Å²) < 4.78 is 18.9. The van der Waals surface area contributed by atoms with Crippen molar-refractivity contribution in [1.29, 1.82) is 0 Å². The summed E-state index contributed by atoms with van der Waals surface area (Å²) in [7, 11) is 0. The largest absolute Gasteiger partial charge is 0.381 e. The molecule has 1 aliphatic heterocycles. The van der Waals surface area contributed by atoms with Crippen LogP contribution in [-0.4, -0.2) is 28.2 Å². The van der Waals surface area contributed by atoms with E-state index in [4.69, 9.17) is 4.74 Å². The zero-order chi connectivity index (χ0) is 16.5. The van der Waals surface area contributed by atoms with E-state index in [1.807, 2.05) is 25.3 Å². The summed E-state index contributed by atoms with van der Waals surface area (Å²) in [5.74, 6) is 0.748. The second-order valence-electron chi connectivity index (χ2n) is 6.15. The Labute approximate surface area is 139 Å². The molecule has 0 spiro atoms. The average Bonchev–Trinajstić information content (AvgIpc) is 2.62. The molecule has 2 aromatic heterocycles. The number of benzene rings is 1. The predicted molar refractivity (Wildman–Crippen MR) is 90.3 cm³/mol. The van der Waals surface area contributed by atoms with Gasteiger partial charge in [0.2, 0.25) is 0 Å². The van der Waals surface area contributed by atoms with Crippen LogP contribution in [0, 0.1) is 12.7 Å². The summed E-state index contributed by atoms with van der Waals surface area (Å²) in [6.45, 7) is 3.51. The monoisotopic (exact) mass is 323 g/mol. The van der Waals surface area contributed by atoms with Gasteiger partial charge in [-0.3, -0.25) is 4.98 Å². The number of ether oxygens (including phenoxy) is 1. The molecule has 0 unspecified atom stereocenters. The van der Waals surface area contributed by atoms with Gasteiger partial charge >= 0.3 is 0 Å². The number of nitrogens with zero attached hydrogens (tertiary/aromatic N) is 3. The van der Waals surface area contributed by atoms with Crippen molar-refractivity contribution in [3.8, 4) is 11.4 Å². The molecule has 3 aromatic rings. The van der Waals surface area contributed by atoms with Crippen molar-refractivity contribution in [3.63, 3.8) is 0 Å². The third kappa shape index (κ3) is 2.87. The maximum atomic E-state index is 13.5. The zero-order valence-corrected chi connectivity index (χ0v) is 13.5. The number of aromatic nitrogens is 3. The van der Waals surface area contributed by atoms with Crippen LogP contribution in [0.4, 0.5) is 4.39 Å². The second kappa shape index (κ2) is 6.24. The van der Waals surface area contributed by atoms with Gasteiger partial charge < -0.3 is 4.74 Å². The van der Waals surface area contributed by atoms with Crippen molar-refractivity contribution < 1.29 is 9.13 Å². The molecule has 4 rings (SSSR count). The Kier molecular flexibility index (Phi) is 3.94. The molecular weight excluding hydrogens is 305 g/mol. The molecule has 5 heteroatoms. The first kappa shape index (κ1) is 15.1. The Balaban J connectivity index is 1.69. The zero-order valence-electron chi connectivity index (χ0n) is 13.5. The van der Waals surface area contributed by atoms with Crippen LogP contribution >= 0.6 is 0 Å². The molecule has 0 bridgehead atoms. The van der Waals surface area contributed by atoms with E-state index in [1.165, 1.54) is 12.1 Å². The summed E-state index contributed by atoms with van der Waals surface area (Å²) in [6, 6.07) is 8.63. The minimum absolute atomic E-state index is 0.292. The van der Waals surface area contributed by atoms with E-state index in [9.17, 15) is 4.39 Å². The van der Waals surface area contributed by atoms with Gasteiger partial charge in [-0.2, -0.15) is 0 Å². The number of rotatable bonds is 2. The van der Waals surface area contributed by atoms with Crippen LogP contribution in [0.2, 0.25) is 0 Å². The topological polar surface area (TPSA) is 47.9 Å². The van der Waals surface area contributed by atoms with Gasteiger partial charge in [0.15, 0.2) is 5.82 Å². The van der Waals surface area contributed by atoms with Gasteiger partial charge in [0.1, 0.15) is 5.82 Å². The lowest BCUT2D eigenvalue weighted by Gasteiger charge is -2.21. The Bertz CT molecular complexity index is 874. The Hall–Kier alpha value is -2.40. The summed E-state index contributed by atoms with van der Waals surface area (Å²) in [4.78, 5) is 13.6. The molecule has 1 aromatic carbocycles. The fraction of sp³-hybridized carbons (Fsp3) is 0.316. The van der Waals surface area contributed by atoms with Crippen LogP contribution in [0.3, 0.4) is 0 Å². The number of hydrogen-bond donors (Lipinski definition) is 0. The number of halogens is 1. The normalized spacial score (nSPS) is 15.8. The molecule has 4 nitrogen and oxygen atoms in total. The number of aryl methyl sites for hydroxylation is 1. The number of pyridine rings is 1. The van der Waals surface area contributed by atoms with Crippen molar-refractivity contribution >= 4 is 10.9 Å². The van der Waals surface area contributed by atoms with E-state index < -0.39 is 0 Å². The van der Waals surface area contributed by atoms with E-state index in [0.717, 1.165) is 48.4 Å². The van der Waals surface area contributed by atoms with Gasteiger partial charge in [-0.1, -0.05) is 0 Å². The molecule has 0 amide bonds. The van der Waals surface area contributed by atoms with Gasteiger partial charge in [0.05, 0.1) is 5.52 Å². The fourth-order valence-electron chi connectivity index (χ4n) is 3.16. The van der Waals surface area contributed by atoms with Crippen LogP contribution < -0.4 is 0 Å². The molecule has 0 aliphatic carbocycles. The summed E-state index contributed by atoms with van der Waals surface area (Å²) >= 11 is 0. The van der Waals surface area contributed by atoms with E-state index in [-0.39, 0.29) is 5.82 Å². The highest BCUT2D eigenvalue weighted by molar-refractivity contribution is 5.82. The first-order chi connectivity index (χ1) is 11.7. The molecule has 122 valence electrons. The molecular formula is C19H18FN3O. The lowest BCUT2D eigenvalue weighted by atomic mass is 9.96. The van der Waals surface area contributed by atoms with E-state index in [2.05, 4.69) is 15.0 Å². The maximum absolute atomic E-state index is 13.5. The molecule has 0 atom stereocenters. The average molecular weight is 323 g/mol. The lowest BCUT2D eigenvalue weighted by molar-refractivity contribution is 0.0845. The van der Waals surface area contributed by atoms with Crippen molar-refractivity contribution in [2.24, 2.45) is 0 Å². The van der Waals surface area contributed by atoms with Crippen LogP contribution in [0.25, 0.3) is 22.3 Å². The fourth-order valence-corrected chi connectivity index (χ4v) is 3.16. The van der Waals surface area contributed by atoms with Crippen molar-refractivity contribution in [2.75, 3.05) is 13.2 Å². The van der Waals surface area contributed by atoms with Crippen LogP contribution in [0.15, 0.2) is 36.5 Å². The molecule has 1 fully saturated rings. The molecule has 0 radical (unpaired) electrons. The van der Waals surface area contributed by atoms with Crippen molar-refractivity contribution in [1.82, 2.24) is 15.0 Å². The molecule has 1 aliphatic rings. The molecule has 0 N–H and O–H groups in total. The first-order valence-electron chi connectivity index (χ1n) is 8.19. The van der Waals surface area contributed by atoms with Crippen LogP contribution in [0.1, 0.15) is 30.1 Å². The minimum atomic E-state index is -0.292. The van der Waals surface area contributed by atoms with Crippen LogP contribution in [-0.2, 0) is 4.74 Å².